The van der Waals surface area contributed by atoms with Crippen LogP contribution in [0, 0.1) is 6.92 Å². The Morgan fingerprint density at radius 3 is 2.48 bits per heavy atom. The predicted octanol–water partition coefficient (Wildman–Crippen LogP) is 3.68. The second kappa shape index (κ2) is 10.3. The van der Waals surface area contributed by atoms with Crippen LogP contribution in [0.15, 0.2) is 11.6 Å². The SMILES string of the molecule is CCOC(=O)C(CC(C)=CCc1c(O)c2c(c(C)c1OC)COC2=O)P(=O)(OC)OC. The highest BCUT2D eigenvalue weighted by Gasteiger charge is 2.41. The molecule has 2 rings (SSSR count). The minimum absolute atomic E-state index is 0.0623. The summed E-state index contributed by atoms with van der Waals surface area (Å²) in [5.41, 5.74) is 1.45. The molecule has 1 unspecified atom stereocenters. The van der Waals surface area contributed by atoms with E-state index in [1.165, 1.54) is 21.3 Å². The van der Waals surface area contributed by atoms with Crippen LogP contribution in [0.3, 0.4) is 0 Å². The first-order valence-electron chi connectivity index (χ1n) is 9.76. The van der Waals surface area contributed by atoms with Crippen LogP contribution in [0.5, 0.6) is 11.5 Å². The fourth-order valence-electron chi connectivity index (χ4n) is 3.58. The van der Waals surface area contributed by atoms with E-state index in [1.54, 1.807) is 26.8 Å². The number of aromatic hydroxyl groups is 1. The van der Waals surface area contributed by atoms with Gasteiger partial charge in [-0.2, -0.15) is 0 Å². The molecule has 0 aromatic heterocycles. The Balaban J connectivity index is 2.37. The topological polar surface area (TPSA) is 118 Å². The van der Waals surface area contributed by atoms with Gasteiger partial charge in [0.25, 0.3) is 0 Å². The van der Waals surface area contributed by atoms with Crippen molar-refractivity contribution in [2.24, 2.45) is 0 Å². The highest BCUT2D eigenvalue weighted by atomic mass is 31.2. The lowest BCUT2D eigenvalue weighted by Crippen LogP contribution is -2.25. The quantitative estimate of drug-likeness (QED) is 0.320. The van der Waals surface area contributed by atoms with E-state index >= 15 is 0 Å². The first-order valence-corrected chi connectivity index (χ1v) is 11.4. The minimum atomic E-state index is -3.73. The number of benzene rings is 1. The number of carbonyl (C=O) groups is 2. The van der Waals surface area contributed by atoms with Gasteiger partial charge in [-0.1, -0.05) is 11.6 Å². The van der Waals surface area contributed by atoms with Crippen LogP contribution in [0.25, 0.3) is 0 Å². The second-order valence-electron chi connectivity index (χ2n) is 7.05. The number of ether oxygens (including phenoxy) is 3. The zero-order valence-electron chi connectivity index (χ0n) is 18.6. The van der Waals surface area contributed by atoms with Crippen LogP contribution < -0.4 is 4.74 Å². The summed E-state index contributed by atoms with van der Waals surface area (Å²) in [5.74, 6) is -0.993. The Morgan fingerprint density at radius 2 is 1.94 bits per heavy atom. The summed E-state index contributed by atoms with van der Waals surface area (Å²) in [6, 6.07) is 0. The van der Waals surface area contributed by atoms with Crippen LogP contribution in [-0.2, 0) is 40.9 Å². The molecule has 1 aliphatic heterocycles. The molecule has 1 aromatic carbocycles. The number of esters is 2. The average Bonchev–Trinajstić information content (AvgIpc) is 3.15. The molecule has 172 valence electrons. The Morgan fingerprint density at radius 1 is 1.29 bits per heavy atom. The van der Waals surface area contributed by atoms with Gasteiger partial charge in [-0.25, -0.2) is 4.79 Å². The maximum Gasteiger partial charge on any atom is 0.344 e. The summed E-state index contributed by atoms with van der Waals surface area (Å²) in [4.78, 5) is 24.4. The van der Waals surface area contributed by atoms with Crippen molar-refractivity contribution in [3.63, 3.8) is 0 Å². The van der Waals surface area contributed by atoms with Gasteiger partial charge < -0.3 is 28.4 Å². The van der Waals surface area contributed by atoms with Gasteiger partial charge in [0.05, 0.1) is 13.7 Å². The van der Waals surface area contributed by atoms with Gasteiger partial charge in [-0.15, -0.1) is 0 Å². The lowest BCUT2D eigenvalue weighted by Gasteiger charge is -2.23. The summed E-state index contributed by atoms with van der Waals surface area (Å²) in [7, 11) is 0.179. The van der Waals surface area contributed by atoms with Crippen molar-refractivity contribution in [2.45, 2.75) is 45.9 Å². The van der Waals surface area contributed by atoms with Crippen LogP contribution in [0.1, 0.15) is 47.3 Å². The third kappa shape index (κ3) is 4.95. The highest BCUT2D eigenvalue weighted by Crippen LogP contribution is 2.54. The number of phenols is 1. The van der Waals surface area contributed by atoms with Gasteiger partial charge in [0.2, 0.25) is 0 Å². The molecule has 0 fully saturated rings. The number of fused-ring (bicyclic) bond motifs is 1. The van der Waals surface area contributed by atoms with E-state index < -0.39 is 25.2 Å². The summed E-state index contributed by atoms with van der Waals surface area (Å²) in [5, 5.41) is 10.7. The molecule has 0 radical (unpaired) electrons. The molecule has 0 amide bonds. The number of rotatable bonds is 10. The molecule has 10 heteroatoms. The summed E-state index contributed by atoms with van der Waals surface area (Å²) < 4.78 is 38.4. The van der Waals surface area contributed by atoms with Crippen LogP contribution in [0.2, 0.25) is 0 Å². The van der Waals surface area contributed by atoms with E-state index in [0.717, 1.165) is 5.56 Å². The Labute approximate surface area is 181 Å². The zero-order valence-corrected chi connectivity index (χ0v) is 19.5. The maximum atomic E-state index is 12.9. The molecule has 0 saturated carbocycles. The molecule has 1 aliphatic rings. The molecule has 1 heterocycles. The average molecular weight is 456 g/mol. The van der Waals surface area contributed by atoms with Crippen molar-refractivity contribution in [3.05, 3.63) is 33.9 Å². The van der Waals surface area contributed by atoms with Gasteiger partial charge in [0.1, 0.15) is 23.7 Å². The van der Waals surface area contributed by atoms with Gasteiger partial charge in [0, 0.05) is 25.3 Å². The van der Waals surface area contributed by atoms with Crippen LogP contribution >= 0.6 is 7.60 Å². The smallest absolute Gasteiger partial charge is 0.344 e. The van der Waals surface area contributed by atoms with Crippen molar-refractivity contribution in [1.29, 1.82) is 0 Å². The van der Waals surface area contributed by atoms with E-state index in [1.807, 2.05) is 0 Å². The van der Waals surface area contributed by atoms with E-state index in [-0.39, 0.29) is 37.4 Å². The molecular weight excluding hydrogens is 427 g/mol. The van der Waals surface area contributed by atoms with Crippen molar-refractivity contribution in [3.8, 4) is 11.5 Å². The summed E-state index contributed by atoms with van der Waals surface area (Å²) in [6.45, 7) is 5.41. The number of methoxy groups -OCH3 is 1. The Kier molecular flexibility index (Phi) is 8.28. The highest BCUT2D eigenvalue weighted by molar-refractivity contribution is 7.55. The number of hydrogen-bond acceptors (Lipinski definition) is 9. The van der Waals surface area contributed by atoms with Crippen molar-refractivity contribution < 1.29 is 42.5 Å². The Hall–Kier alpha value is -2.35. The molecule has 0 aliphatic carbocycles. The third-order valence-corrected chi connectivity index (χ3v) is 7.44. The van der Waals surface area contributed by atoms with Gasteiger partial charge in [-0.05, 0) is 39.2 Å². The van der Waals surface area contributed by atoms with Crippen molar-refractivity contribution in [2.75, 3.05) is 27.9 Å². The van der Waals surface area contributed by atoms with Gasteiger partial charge >= 0.3 is 19.5 Å². The minimum Gasteiger partial charge on any atom is -0.507 e. The number of cyclic esters (lactones) is 1. The van der Waals surface area contributed by atoms with Crippen molar-refractivity contribution in [1.82, 2.24) is 0 Å². The maximum absolute atomic E-state index is 12.9. The molecule has 1 atom stereocenters. The summed E-state index contributed by atoms with van der Waals surface area (Å²) in [6.07, 6.45) is 2.03. The first kappa shape index (κ1) is 24.9. The van der Waals surface area contributed by atoms with E-state index in [9.17, 15) is 19.3 Å². The fraction of sp³-hybridized carbons (Fsp3) is 0.524. The normalized spacial score (nSPS) is 14.8. The lowest BCUT2D eigenvalue weighted by atomic mass is 9.94. The zero-order chi connectivity index (χ0) is 23.3. The lowest BCUT2D eigenvalue weighted by molar-refractivity contribution is -0.143. The van der Waals surface area contributed by atoms with Gasteiger partial charge in [-0.3, -0.25) is 9.36 Å². The molecule has 0 spiro atoms. The number of allylic oxidation sites excluding steroid dienone is 2. The molecule has 9 nitrogen and oxygen atoms in total. The molecule has 1 N–H and O–H groups in total. The molecule has 0 bridgehead atoms. The number of phenolic OH excluding ortho intramolecular Hbond substituents is 1. The van der Waals surface area contributed by atoms with Crippen LogP contribution in [0.4, 0.5) is 0 Å². The van der Waals surface area contributed by atoms with E-state index in [0.29, 0.717) is 22.4 Å². The molecule has 1 aromatic rings. The number of hydrogen-bond donors (Lipinski definition) is 1. The third-order valence-electron chi connectivity index (χ3n) is 5.27. The molecule has 0 saturated heterocycles. The fourth-order valence-corrected chi connectivity index (χ4v) is 5.09. The first-order chi connectivity index (χ1) is 14.6. The largest absolute Gasteiger partial charge is 0.507 e. The summed E-state index contributed by atoms with van der Waals surface area (Å²) >= 11 is 0. The molecule has 31 heavy (non-hydrogen) atoms. The van der Waals surface area contributed by atoms with Crippen molar-refractivity contribution >= 4 is 19.5 Å². The van der Waals surface area contributed by atoms with Crippen LogP contribution in [-0.4, -0.2) is 50.6 Å². The predicted molar refractivity (Wildman–Crippen MR) is 113 cm³/mol. The monoisotopic (exact) mass is 456 g/mol. The Bertz CT molecular complexity index is 928. The number of carbonyl (C=O) groups excluding carboxylic acids is 2. The molecular formula is C21H29O9P. The van der Waals surface area contributed by atoms with E-state index in [4.69, 9.17) is 23.3 Å². The standard InChI is InChI=1S/C21H29O9P/c1-7-29-20(23)16(31(25,27-5)28-6)10-12(2)8-9-14-18(22)17-15(11-30-21(17)24)13(3)19(14)26-4/h8,16,22H,7,9-11H2,1-6H3. The second-order valence-corrected chi connectivity index (χ2v) is 9.48. The van der Waals surface area contributed by atoms with Gasteiger partial charge in [0.15, 0.2) is 5.66 Å². The van der Waals surface area contributed by atoms with E-state index in [2.05, 4.69) is 0 Å².